The number of nitrogens with zero attached hydrogens (tertiary/aromatic N) is 2. The summed E-state index contributed by atoms with van der Waals surface area (Å²) in [5, 5.41) is 17.9. The zero-order valence-electron chi connectivity index (χ0n) is 10.5. The first-order chi connectivity index (χ1) is 9.65. The lowest BCUT2D eigenvalue weighted by atomic mass is 10.2. The predicted molar refractivity (Wildman–Crippen MR) is 69.0 cm³/mol. The summed E-state index contributed by atoms with van der Waals surface area (Å²) in [6.45, 7) is 0. The number of carboxylic acid groups (broad SMARTS) is 1. The van der Waals surface area contributed by atoms with E-state index in [9.17, 15) is 4.79 Å². The van der Waals surface area contributed by atoms with Crippen molar-refractivity contribution in [3.8, 4) is 23.4 Å². The van der Waals surface area contributed by atoms with E-state index in [-0.39, 0.29) is 17.2 Å². The van der Waals surface area contributed by atoms with E-state index in [2.05, 4.69) is 4.98 Å². The number of carbonyl (C=O) groups is 1. The molecule has 0 fully saturated rings. The second kappa shape index (κ2) is 5.71. The number of hydrogen-bond donors (Lipinski definition) is 1. The van der Waals surface area contributed by atoms with Crippen LogP contribution in [0.3, 0.4) is 0 Å². The average Bonchev–Trinajstić information content (AvgIpc) is 2.48. The summed E-state index contributed by atoms with van der Waals surface area (Å²) in [4.78, 5) is 15.0. The molecule has 6 heteroatoms. The molecule has 0 aliphatic heterocycles. The Balaban J connectivity index is 2.40. The molecule has 0 amide bonds. The van der Waals surface area contributed by atoms with Crippen molar-refractivity contribution in [2.45, 2.75) is 0 Å². The van der Waals surface area contributed by atoms with Gasteiger partial charge in [0.25, 0.3) is 0 Å². The molecule has 0 saturated carbocycles. The Hall–Kier alpha value is -3.07. The van der Waals surface area contributed by atoms with Crippen LogP contribution in [-0.4, -0.2) is 23.2 Å². The minimum atomic E-state index is -1.14. The molecule has 1 heterocycles. The Bertz CT molecular complexity index is 692. The van der Waals surface area contributed by atoms with Gasteiger partial charge in [-0.2, -0.15) is 5.26 Å². The van der Waals surface area contributed by atoms with E-state index in [1.807, 2.05) is 6.07 Å². The maximum absolute atomic E-state index is 11.1. The van der Waals surface area contributed by atoms with E-state index in [0.717, 1.165) is 0 Å². The van der Waals surface area contributed by atoms with Gasteiger partial charge >= 0.3 is 5.97 Å². The minimum absolute atomic E-state index is 0.0389. The van der Waals surface area contributed by atoms with Gasteiger partial charge in [0.1, 0.15) is 5.56 Å². The van der Waals surface area contributed by atoms with Gasteiger partial charge in [0.15, 0.2) is 11.5 Å². The standard InChI is InChI=1S/C14H10N2O4/c1-19-12-7-9(8-15)4-5-11(12)20-13-10(14(17)18)3-2-6-16-13/h2-7H,1H3,(H,17,18). The fourth-order valence-corrected chi connectivity index (χ4v) is 1.56. The van der Waals surface area contributed by atoms with Crippen LogP contribution in [0.1, 0.15) is 15.9 Å². The highest BCUT2D eigenvalue weighted by atomic mass is 16.5. The second-order valence-corrected chi connectivity index (χ2v) is 3.74. The molecule has 6 nitrogen and oxygen atoms in total. The lowest BCUT2D eigenvalue weighted by Gasteiger charge is -2.11. The molecular formula is C14H10N2O4. The monoisotopic (exact) mass is 270 g/mol. The number of rotatable bonds is 4. The molecule has 1 aromatic heterocycles. The van der Waals surface area contributed by atoms with Gasteiger partial charge in [0.05, 0.1) is 18.7 Å². The summed E-state index contributed by atoms with van der Waals surface area (Å²) in [5.41, 5.74) is 0.354. The first kappa shape index (κ1) is 13.4. The molecule has 0 unspecified atom stereocenters. The zero-order valence-corrected chi connectivity index (χ0v) is 10.5. The van der Waals surface area contributed by atoms with Crippen molar-refractivity contribution in [2.75, 3.05) is 7.11 Å². The van der Waals surface area contributed by atoms with E-state index >= 15 is 0 Å². The van der Waals surface area contributed by atoms with Crippen molar-refractivity contribution in [3.05, 3.63) is 47.7 Å². The molecule has 0 aliphatic rings. The molecule has 0 saturated heterocycles. The number of methoxy groups -OCH3 is 1. The van der Waals surface area contributed by atoms with E-state index in [4.69, 9.17) is 19.8 Å². The van der Waals surface area contributed by atoms with Gasteiger partial charge in [-0.15, -0.1) is 0 Å². The molecular weight excluding hydrogens is 260 g/mol. The maximum Gasteiger partial charge on any atom is 0.341 e. The van der Waals surface area contributed by atoms with Gasteiger partial charge < -0.3 is 14.6 Å². The van der Waals surface area contributed by atoms with Crippen molar-refractivity contribution in [1.82, 2.24) is 4.98 Å². The predicted octanol–water partition coefficient (Wildman–Crippen LogP) is 2.45. The van der Waals surface area contributed by atoms with Gasteiger partial charge in [-0.1, -0.05) is 0 Å². The Morgan fingerprint density at radius 3 is 2.80 bits per heavy atom. The van der Waals surface area contributed by atoms with Crippen molar-refractivity contribution >= 4 is 5.97 Å². The summed E-state index contributed by atoms with van der Waals surface area (Å²) >= 11 is 0. The quantitative estimate of drug-likeness (QED) is 0.917. The highest BCUT2D eigenvalue weighted by Gasteiger charge is 2.15. The van der Waals surface area contributed by atoms with Crippen molar-refractivity contribution < 1.29 is 19.4 Å². The van der Waals surface area contributed by atoms with E-state index in [1.54, 1.807) is 6.07 Å². The molecule has 0 spiro atoms. The maximum atomic E-state index is 11.1. The third-order valence-corrected chi connectivity index (χ3v) is 2.50. The SMILES string of the molecule is COc1cc(C#N)ccc1Oc1ncccc1C(=O)O. The fourth-order valence-electron chi connectivity index (χ4n) is 1.56. The molecule has 0 atom stereocenters. The molecule has 0 radical (unpaired) electrons. The van der Waals surface area contributed by atoms with Crippen LogP contribution in [0.5, 0.6) is 17.4 Å². The Morgan fingerprint density at radius 2 is 2.15 bits per heavy atom. The van der Waals surface area contributed by atoms with Crippen LogP contribution < -0.4 is 9.47 Å². The van der Waals surface area contributed by atoms with Crippen LogP contribution in [0.4, 0.5) is 0 Å². The van der Waals surface area contributed by atoms with E-state index < -0.39 is 5.97 Å². The highest BCUT2D eigenvalue weighted by molar-refractivity contribution is 5.90. The van der Waals surface area contributed by atoms with Crippen LogP contribution in [0, 0.1) is 11.3 Å². The lowest BCUT2D eigenvalue weighted by Crippen LogP contribution is -2.02. The number of aromatic carboxylic acids is 1. The second-order valence-electron chi connectivity index (χ2n) is 3.74. The summed E-state index contributed by atoms with van der Waals surface area (Å²) < 4.78 is 10.6. The molecule has 0 bridgehead atoms. The summed E-state index contributed by atoms with van der Waals surface area (Å²) in [5.74, 6) is -0.567. The van der Waals surface area contributed by atoms with E-state index in [1.165, 1.54) is 37.6 Å². The van der Waals surface area contributed by atoms with Crippen LogP contribution in [-0.2, 0) is 0 Å². The molecule has 2 rings (SSSR count). The smallest absolute Gasteiger partial charge is 0.341 e. The van der Waals surface area contributed by atoms with Crippen LogP contribution in [0.15, 0.2) is 36.5 Å². The topological polar surface area (TPSA) is 92.4 Å². The van der Waals surface area contributed by atoms with Gasteiger partial charge in [-0.05, 0) is 24.3 Å². The van der Waals surface area contributed by atoms with Gasteiger partial charge in [-0.3, -0.25) is 0 Å². The number of ether oxygens (including phenoxy) is 2. The summed E-state index contributed by atoms with van der Waals surface area (Å²) in [6.07, 6.45) is 1.43. The zero-order chi connectivity index (χ0) is 14.5. The average molecular weight is 270 g/mol. The summed E-state index contributed by atoms with van der Waals surface area (Å²) in [7, 11) is 1.43. The largest absolute Gasteiger partial charge is 0.493 e. The third kappa shape index (κ3) is 2.67. The molecule has 1 N–H and O–H groups in total. The van der Waals surface area contributed by atoms with E-state index in [0.29, 0.717) is 11.3 Å². The first-order valence-electron chi connectivity index (χ1n) is 5.60. The number of carboxylic acids is 1. The summed E-state index contributed by atoms with van der Waals surface area (Å²) in [6, 6.07) is 9.44. The molecule has 100 valence electrons. The van der Waals surface area contributed by atoms with Crippen molar-refractivity contribution in [2.24, 2.45) is 0 Å². The Kier molecular flexibility index (Phi) is 3.82. The van der Waals surface area contributed by atoms with Gasteiger partial charge in [-0.25, -0.2) is 9.78 Å². The van der Waals surface area contributed by atoms with Crippen LogP contribution in [0.25, 0.3) is 0 Å². The minimum Gasteiger partial charge on any atom is -0.493 e. The van der Waals surface area contributed by atoms with Crippen LogP contribution >= 0.6 is 0 Å². The van der Waals surface area contributed by atoms with Crippen LogP contribution in [0.2, 0.25) is 0 Å². The molecule has 0 aliphatic carbocycles. The number of hydrogen-bond acceptors (Lipinski definition) is 5. The van der Waals surface area contributed by atoms with Gasteiger partial charge in [0, 0.05) is 12.3 Å². The lowest BCUT2D eigenvalue weighted by molar-refractivity contribution is 0.0693. The number of pyridine rings is 1. The highest BCUT2D eigenvalue weighted by Crippen LogP contribution is 2.32. The molecule has 2 aromatic rings. The fraction of sp³-hybridized carbons (Fsp3) is 0.0714. The molecule has 1 aromatic carbocycles. The third-order valence-electron chi connectivity index (χ3n) is 2.50. The Morgan fingerprint density at radius 1 is 1.35 bits per heavy atom. The Labute approximate surface area is 114 Å². The number of aromatic nitrogens is 1. The van der Waals surface area contributed by atoms with Crippen molar-refractivity contribution in [1.29, 1.82) is 5.26 Å². The normalized spacial score (nSPS) is 9.60. The van der Waals surface area contributed by atoms with Crippen molar-refractivity contribution in [3.63, 3.8) is 0 Å². The molecule has 20 heavy (non-hydrogen) atoms. The first-order valence-corrected chi connectivity index (χ1v) is 5.60. The number of benzene rings is 1. The van der Waals surface area contributed by atoms with Gasteiger partial charge in [0.2, 0.25) is 5.88 Å². The number of nitriles is 1.